The summed E-state index contributed by atoms with van der Waals surface area (Å²) in [5.74, 6) is 0.794. The maximum atomic E-state index is 12.4. The van der Waals surface area contributed by atoms with E-state index in [1.165, 1.54) is 0 Å². The maximum absolute atomic E-state index is 12.4. The SMILES string of the molecule is Cc1ccccc1C1=C(O)C2(CCC(C)CC2)NC1=O. The van der Waals surface area contributed by atoms with Crippen molar-refractivity contribution in [3.05, 3.63) is 41.2 Å². The predicted molar refractivity (Wildman–Crippen MR) is 79.2 cm³/mol. The average molecular weight is 271 g/mol. The molecule has 1 spiro atoms. The molecular weight excluding hydrogens is 250 g/mol. The lowest BCUT2D eigenvalue weighted by Crippen LogP contribution is -2.47. The van der Waals surface area contributed by atoms with E-state index in [4.69, 9.17) is 0 Å². The van der Waals surface area contributed by atoms with Gasteiger partial charge in [-0.1, -0.05) is 31.2 Å². The van der Waals surface area contributed by atoms with Crippen LogP contribution in [0.15, 0.2) is 30.0 Å². The Bertz CT molecular complexity index is 580. The van der Waals surface area contributed by atoms with E-state index in [1.807, 2.05) is 31.2 Å². The highest BCUT2D eigenvalue weighted by atomic mass is 16.3. The third kappa shape index (κ3) is 1.92. The number of carbonyl (C=O) groups is 1. The third-order valence-corrected chi connectivity index (χ3v) is 4.81. The molecule has 2 aliphatic rings. The highest BCUT2D eigenvalue weighted by Crippen LogP contribution is 2.43. The largest absolute Gasteiger partial charge is 0.509 e. The van der Waals surface area contributed by atoms with E-state index < -0.39 is 5.54 Å². The minimum atomic E-state index is -0.513. The van der Waals surface area contributed by atoms with Crippen LogP contribution in [-0.2, 0) is 4.79 Å². The Morgan fingerprint density at radius 2 is 1.90 bits per heavy atom. The van der Waals surface area contributed by atoms with Crippen molar-refractivity contribution >= 4 is 11.5 Å². The number of aliphatic hydroxyl groups is 1. The number of nitrogens with one attached hydrogen (secondary N) is 1. The molecule has 20 heavy (non-hydrogen) atoms. The molecule has 3 heteroatoms. The molecule has 1 aromatic carbocycles. The second-order valence-electron chi connectivity index (χ2n) is 6.26. The van der Waals surface area contributed by atoms with E-state index in [9.17, 15) is 9.90 Å². The highest BCUT2D eigenvalue weighted by Gasteiger charge is 2.47. The standard InChI is InChI=1S/C17H21NO2/c1-11-7-9-17(10-8-11)15(19)14(16(20)18-17)13-6-4-3-5-12(13)2/h3-6,11,19H,7-10H2,1-2H3,(H,18,20). The lowest BCUT2D eigenvalue weighted by Gasteiger charge is -2.36. The van der Waals surface area contributed by atoms with E-state index in [2.05, 4.69) is 12.2 Å². The Morgan fingerprint density at radius 3 is 2.55 bits per heavy atom. The second kappa shape index (κ2) is 4.65. The molecule has 3 nitrogen and oxygen atoms in total. The predicted octanol–water partition coefficient (Wildman–Crippen LogP) is 3.34. The number of benzene rings is 1. The van der Waals surface area contributed by atoms with E-state index >= 15 is 0 Å². The van der Waals surface area contributed by atoms with Crippen molar-refractivity contribution in [1.29, 1.82) is 0 Å². The van der Waals surface area contributed by atoms with Gasteiger partial charge >= 0.3 is 0 Å². The first-order chi connectivity index (χ1) is 9.53. The normalized spacial score (nSPS) is 29.9. The number of aliphatic hydroxyl groups excluding tert-OH is 1. The van der Waals surface area contributed by atoms with Crippen LogP contribution in [0.2, 0.25) is 0 Å². The molecule has 1 aliphatic heterocycles. The zero-order valence-electron chi connectivity index (χ0n) is 12.1. The van der Waals surface area contributed by atoms with Crippen LogP contribution in [0.3, 0.4) is 0 Å². The highest BCUT2D eigenvalue weighted by molar-refractivity contribution is 6.23. The summed E-state index contributed by atoms with van der Waals surface area (Å²) in [5, 5.41) is 13.7. The number of hydrogen-bond donors (Lipinski definition) is 2. The fourth-order valence-corrected chi connectivity index (χ4v) is 3.41. The summed E-state index contributed by atoms with van der Waals surface area (Å²) in [6.07, 6.45) is 3.76. The summed E-state index contributed by atoms with van der Waals surface area (Å²) in [4.78, 5) is 12.4. The molecule has 0 atom stereocenters. The first-order valence-corrected chi connectivity index (χ1v) is 7.36. The summed E-state index contributed by atoms with van der Waals surface area (Å²) in [6, 6.07) is 7.73. The summed E-state index contributed by atoms with van der Waals surface area (Å²) in [7, 11) is 0. The van der Waals surface area contributed by atoms with Gasteiger partial charge in [-0.25, -0.2) is 0 Å². The molecule has 1 aliphatic carbocycles. The number of amides is 1. The van der Waals surface area contributed by atoms with Gasteiger partial charge in [0, 0.05) is 0 Å². The molecule has 0 saturated heterocycles. The molecule has 0 unspecified atom stereocenters. The van der Waals surface area contributed by atoms with Crippen molar-refractivity contribution in [2.45, 2.75) is 45.1 Å². The fraction of sp³-hybridized carbons (Fsp3) is 0.471. The Morgan fingerprint density at radius 1 is 1.25 bits per heavy atom. The van der Waals surface area contributed by atoms with Gasteiger partial charge in [0.2, 0.25) is 0 Å². The third-order valence-electron chi connectivity index (χ3n) is 4.81. The lowest BCUT2D eigenvalue weighted by atomic mass is 9.76. The lowest BCUT2D eigenvalue weighted by molar-refractivity contribution is -0.116. The second-order valence-corrected chi connectivity index (χ2v) is 6.26. The first-order valence-electron chi connectivity index (χ1n) is 7.36. The van der Waals surface area contributed by atoms with Crippen molar-refractivity contribution in [2.75, 3.05) is 0 Å². The Kier molecular flexibility index (Phi) is 3.08. The van der Waals surface area contributed by atoms with E-state index in [1.54, 1.807) is 0 Å². The number of carbonyl (C=O) groups excluding carboxylic acids is 1. The van der Waals surface area contributed by atoms with Crippen LogP contribution in [-0.4, -0.2) is 16.6 Å². The zero-order valence-corrected chi connectivity index (χ0v) is 12.1. The van der Waals surface area contributed by atoms with Gasteiger partial charge in [0.25, 0.3) is 5.91 Å². The van der Waals surface area contributed by atoms with Crippen LogP contribution in [0.1, 0.15) is 43.7 Å². The van der Waals surface area contributed by atoms with E-state index in [0.717, 1.165) is 36.8 Å². The maximum Gasteiger partial charge on any atom is 0.256 e. The summed E-state index contributed by atoms with van der Waals surface area (Å²) in [6.45, 7) is 4.20. The van der Waals surface area contributed by atoms with E-state index in [0.29, 0.717) is 11.5 Å². The van der Waals surface area contributed by atoms with Gasteiger partial charge < -0.3 is 10.4 Å². The zero-order chi connectivity index (χ0) is 14.3. The van der Waals surface area contributed by atoms with Gasteiger partial charge in [-0.3, -0.25) is 4.79 Å². The molecule has 0 aromatic heterocycles. The first kappa shape index (κ1) is 13.2. The van der Waals surface area contributed by atoms with Crippen LogP contribution < -0.4 is 5.32 Å². The molecule has 2 N–H and O–H groups in total. The van der Waals surface area contributed by atoms with Crippen molar-refractivity contribution in [3.8, 4) is 0 Å². The van der Waals surface area contributed by atoms with Crippen LogP contribution >= 0.6 is 0 Å². The quantitative estimate of drug-likeness (QED) is 0.823. The number of rotatable bonds is 1. The van der Waals surface area contributed by atoms with Gasteiger partial charge in [-0.2, -0.15) is 0 Å². The van der Waals surface area contributed by atoms with Gasteiger partial charge in [0.05, 0.1) is 11.1 Å². The van der Waals surface area contributed by atoms with Crippen LogP contribution in [0.4, 0.5) is 0 Å². The number of hydrogen-bond acceptors (Lipinski definition) is 2. The van der Waals surface area contributed by atoms with Gasteiger partial charge in [0.1, 0.15) is 5.76 Å². The molecule has 1 aromatic rings. The van der Waals surface area contributed by atoms with Crippen LogP contribution in [0, 0.1) is 12.8 Å². The van der Waals surface area contributed by atoms with Gasteiger partial charge in [0.15, 0.2) is 0 Å². The van der Waals surface area contributed by atoms with Crippen molar-refractivity contribution < 1.29 is 9.90 Å². The molecule has 0 radical (unpaired) electrons. The Balaban J connectivity index is 2.04. The molecular formula is C17H21NO2. The van der Waals surface area contributed by atoms with Crippen molar-refractivity contribution in [1.82, 2.24) is 5.32 Å². The van der Waals surface area contributed by atoms with Crippen molar-refractivity contribution in [3.63, 3.8) is 0 Å². The molecule has 1 amide bonds. The fourth-order valence-electron chi connectivity index (χ4n) is 3.41. The van der Waals surface area contributed by atoms with Crippen LogP contribution in [0.5, 0.6) is 0 Å². The monoisotopic (exact) mass is 271 g/mol. The molecule has 1 fully saturated rings. The van der Waals surface area contributed by atoms with E-state index in [-0.39, 0.29) is 11.7 Å². The average Bonchev–Trinajstić information content (AvgIpc) is 2.66. The van der Waals surface area contributed by atoms with Gasteiger partial charge in [-0.15, -0.1) is 0 Å². The van der Waals surface area contributed by atoms with Gasteiger partial charge in [-0.05, 0) is 49.7 Å². The summed E-state index contributed by atoms with van der Waals surface area (Å²) < 4.78 is 0. The molecule has 106 valence electrons. The molecule has 1 heterocycles. The molecule has 0 bridgehead atoms. The Hall–Kier alpha value is -1.77. The summed E-state index contributed by atoms with van der Waals surface area (Å²) in [5.41, 5.74) is 1.82. The Labute approximate surface area is 119 Å². The minimum absolute atomic E-state index is 0.133. The topological polar surface area (TPSA) is 49.3 Å². The summed E-state index contributed by atoms with van der Waals surface area (Å²) >= 11 is 0. The smallest absolute Gasteiger partial charge is 0.256 e. The molecule has 1 saturated carbocycles. The minimum Gasteiger partial charge on any atom is -0.509 e. The molecule has 3 rings (SSSR count). The number of aryl methyl sites for hydroxylation is 1. The van der Waals surface area contributed by atoms with Crippen molar-refractivity contribution in [2.24, 2.45) is 5.92 Å². The van der Waals surface area contributed by atoms with Crippen LogP contribution in [0.25, 0.3) is 5.57 Å².